The second-order valence-electron chi connectivity index (χ2n) is 5.62. The van der Waals surface area contributed by atoms with E-state index in [1.807, 2.05) is 0 Å². The number of carbonyl (C=O) groups is 1. The zero-order chi connectivity index (χ0) is 14.3. The van der Waals surface area contributed by atoms with Gasteiger partial charge in [0.1, 0.15) is 18.3 Å². The van der Waals surface area contributed by atoms with Crippen LogP contribution in [0, 0.1) is 5.41 Å². The van der Waals surface area contributed by atoms with Crippen LogP contribution in [0.5, 0.6) is 0 Å². The first-order valence-electron chi connectivity index (χ1n) is 5.73. The lowest BCUT2D eigenvalue weighted by Gasteiger charge is -2.46. The molecular weight excluding hydrogens is 242 g/mol. The number of Topliss-reactive ketones (excluding diaryl/α,β-unsaturated/α-hetero) is 1. The highest BCUT2D eigenvalue weighted by Crippen LogP contribution is 2.33. The van der Waals surface area contributed by atoms with Gasteiger partial charge in [-0.2, -0.15) is 0 Å². The molecule has 18 heavy (non-hydrogen) atoms. The molecule has 0 aromatic heterocycles. The highest BCUT2D eigenvalue weighted by molar-refractivity contribution is 5.91. The number of ketones is 1. The molecule has 0 radical (unpaired) electrons. The molecule has 0 bridgehead atoms. The standard InChI is InChI=1S/C11H21NO6/c1-10(2,3)9(16)11(17)8(12)7(15)6(14)5(4-13)18-11/h5-8,13-15,17H,4,12H2,1-3H3/t5-,6-,7+,8-,11?/m1/s1. The van der Waals surface area contributed by atoms with E-state index in [0.717, 1.165) is 0 Å². The van der Waals surface area contributed by atoms with Gasteiger partial charge >= 0.3 is 0 Å². The Kier molecular flexibility index (Phi) is 4.16. The molecule has 0 amide bonds. The number of hydrogen-bond acceptors (Lipinski definition) is 7. The molecule has 1 saturated heterocycles. The van der Waals surface area contributed by atoms with Crippen molar-refractivity contribution in [1.82, 2.24) is 0 Å². The summed E-state index contributed by atoms with van der Waals surface area (Å²) < 4.78 is 5.03. The summed E-state index contributed by atoms with van der Waals surface area (Å²) in [5, 5.41) is 38.6. The maximum Gasteiger partial charge on any atom is 0.245 e. The summed E-state index contributed by atoms with van der Waals surface area (Å²) >= 11 is 0. The van der Waals surface area contributed by atoms with Gasteiger partial charge in [-0.05, 0) is 0 Å². The van der Waals surface area contributed by atoms with Crippen molar-refractivity contribution in [3.63, 3.8) is 0 Å². The number of rotatable bonds is 2. The molecule has 6 N–H and O–H groups in total. The van der Waals surface area contributed by atoms with Crippen LogP contribution < -0.4 is 5.73 Å². The van der Waals surface area contributed by atoms with Gasteiger partial charge in [-0.15, -0.1) is 0 Å². The molecule has 1 fully saturated rings. The van der Waals surface area contributed by atoms with Gasteiger partial charge in [-0.1, -0.05) is 20.8 Å². The van der Waals surface area contributed by atoms with E-state index in [2.05, 4.69) is 0 Å². The van der Waals surface area contributed by atoms with Gasteiger partial charge in [-0.25, -0.2) is 0 Å². The fourth-order valence-corrected chi connectivity index (χ4v) is 1.93. The van der Waals surface area contributed by atoms with Crippen LogP contribution in [0.15, 0.2) is 0 Å². The zero-order valence-corrected chi connectivity index (χ0v) is 10.7. The van der Waals surface area contributed by atoms with Crippen LogP contribution in [0.3, 0.4) is 0 Å². The molecule has 1 aliphatic rings. The minimum absolute atomic E-state index is 0.648. The Morgan fingerprint density at radius 2 is 1.83 bits per heavy atom. The Morgan fingerprint density at radius 3 is 2.22 bits per heavy atom. The van der Waals surface area contributed by atoms with E-state index in [4.69, 9.17) is 15.6 Å². The summed E-state index contributed by atoms with van der Waals surface area (Å²) in [7, 11) is 0. The van der Waals surface area contributed by atoms with Crippen molar-refractivity contribution < 1.29 is 30.0 Å². The molecule has 7 nitrogen and oxygen atoms in total. The first-order chi connectivity index (χ1) is 8.05. The Labute approximate surface area is 105 Å². The third-order valence-corrected chi connectivity index (χ3v) is 3.07. The summed E-state index contributed by atoms with van der Waals surface area (Å²) in [6, 6.07) is -1.48. The lowest BCUT2D eigenvalue weighted by atomic mass is 9.79. The first kappa shape index (κ1) is 15.5. The second kappa shape index (κ2) is 4.84. The van der Waals surface area contributed by atoms with Gasteiger partial charge in [-0.3, -0.25) is 4.79 Å². The van der Waals surface area contributed by atoms with Crippen molar-refractivity contribution in [1.29, 1.82) is 0 Å². The first-order valence-corrected chi connectivity index (χ1v) is 5.73. The van der Waals surface area contributed by atoms with Crippen LogP contribution in [-0.4, -0.2) is 63.0 Å². The molecule has 5 atom stereocenters. The van der Waals surface area contributed by atoms with E-state index in [0.29, 0.717) is 0 Å². The largest absolute Gasteiger partial charge is 0.394 e. The highest BCUT2D eigenvalue weighted by Gasteiger charge is 2.57. The Morgan fingerprint density at radius 1 is 1.33 bits per heavy atom. The monoisotopic (exact) mass is 263 g/mol. The Bertz CT molecular complexity index is 326. The summed E-state index contributed by atoms with van der Waals surface area (Å²) in [5.41, 5.74) is 4.62. The van der Waals surface area contributed by atoms with E-state index >= 15 is 0 Å². The molecule has 0 aromatic rings. The molecule has 0 spiro atoms. The van der Waals surface area contributed by atoms with Crippen LogP contribution in [0.4, 0.5) is 0 Å². The minimum Gasteiger partial charge on any atom is -0.394 e. The number of aliphatic hydroxyl groups excluding tert-OH is 3. The van der Waals surface area contributed by atoms with Crippen LogP contribution in [0.25, 0.3) is 0 Å². The van der Waals surface area contributed by atoms with E-state index in [9.17, 15) is 20.1 Å². The third kappa shape index (κ3) is 2.42. The molecule has 106 valence electrons. The van der Waals surface area contributed by atoms with E-state index in [1.54, 1.807) is 20.8 Å². The molecular formula is C11H21NO6. The van der Waals surface area contributed by atoms with Crippen molar-refractivity contribution in [2.45, 2.75) is 50.9 Å². The van der Waals surface area contributed by atoms with Crippen molar-refractivity contribution in [2.24, 2.45) is 11.1 Å². The normalized spacial score (nSPS) is 41.8. The topological polar surface area (TPSA) is 133 Å². The summed E-state index contributed by atoms with van der Waals surface area (Å²) in [5.74, 6) is -3.14. The van der Waals surface area contributed by atoms with Crippen molar-refractivity contribution in [3.8, 4) is 0 Å². The molecule has 0 saturated carbocycles. The van der Waals surface area contributed by atoms with Crippen molar-refractivity contribution >= 4 is 5.78 Å². The van der Waals surface area contributed by atoms with Gasteiger partial charge in [0, 0.05) is 5.41 Å². The van der Waals surface area contributed by atoms with Crippen LogP contribution >= 0.6 is 0 Å². The Hall–Kier alpha value is -0.570. The molecule has 0 aromatic carbocycles. The summed E-state index contributed by atoms with van der Waals surface area (Å²) in [6.07, 6.45) is -4.29. The predicted octanol–water partition coefficient (Wildman–Crippen LogP) is -2.27. The molecule has 1 unspecified atom stereocenters. The zero-order valence-electron chi connectivity index (χ0n) is 10.7. The SMILES string of the molecule is CC(C)(C)C(=O)C1(O)O[C@H](CO)[C@@H](O)[C@H](O)[C@H]1N. The number of nitrogens with two attached hydrogens (primary N) is 1. The predicted molar refractivity (Wildman–Crippen MR) is 61.4 cm³/mol. The van der Waals surface area contributed by atoms with Gasteiger partial charge in [0.15, 0.2) is 5.78 Å². The number of carbonyl (C=O) groups excluding carboxylic acids is 1. The van der Waals surface area contributed by atoms with Crippen molar-refractivity contribution in [2.75, 3.05) is 6.61 Å². The second-order valence-corrected chi connectivity index (χ2v) is 5.62. The average molecular weight is 263 g/mol. The lowest BCUT2D eigenvalue weighted by molar-refractivity contribution is -0.300. The maximum atomic E-state index is 12.1. The fraction of sp³-hybridized carbons (Fsp3) is 0.909. The number of ether oxygens (including phenoxy) is 1. The van der Waals surface area contributed by atoms with Gasteiger partial charge in [0.05, 0.1) is 12.6 Å². The maximum absolute atomic E-state index is 12.1. The molecule has 1 heterocycles. The van der Waals surface area contributed by atoms with E-state index in [1.165, 1.54) is 0 Å². The quantitative estimate of drug-likeness (QED) is 0.379. The van der Waals surface area contributed by atoms with Crippen LogP contribution in [-0.2, 0) is 9.53 Å². The average Bonchev–Trinajstić information content (AvgIpc) is 2.29. The minimum atomic E-state index is -2.43. The van der Waals surface area contributed by atoms with E-state index < -0.39 is 47.9 Å². The Balaban J connectivity index is 3.10. The van der Waals surface area contributed by atoms with Gasteiger partial charge in [0.25, 0.3) is 0 Å². The van der Waals surface area contributed by atoms with Gasteiger partial charge < -0.3 is 30.9 Å². The van der Waals surface area contributed by atoms with Crippen LogP contribution in [0.1, 0.15) is 20.8 Å². The van der Waals surface area contributed by atoms with Crippen molar-refractivity contribution in [3.05, 3.63) is 0 Å². The number of hydrogen-bond donors (Lipinski definition) is 5. The lowest BCUT2D eigenvalue weighted by Crippen LogP contribution is -2.72. The fourth-order valence-electron chi connectivity index (χ4n) is 1.93. The summed E-state index contributed by atoms with van der Waals surface area (Å²) in [6.45, 7) is 4.04. The number of aliphatic hydroxyl groups is 4. The van der Waals surface area contributed by atoms with E-state index in [-0.39, 0.29) is 0 Å². The highest BCUT2D eigenvalue weighted by atomic mass is 16.7. The van der Waals surface area contributed by atoms with Crippen LogP contribution in [0.2, 0.25) is 0 Å². The molecule has 7 heteroatoms. The molecule has 1 rings (SSSR count). The third-order valence-electron chi connectivity index (χ3n) is 3.07. The van der Waals surface area contributed by atoms with Gasteiger partial charge in [0.2, 0.25) is 5.79 Å². The molecule has 0 aliphatic carbocycles. The smallest absolute Gasteiger partial charge is 0.245 e. The summed E-state index contributed by atoms with van der Waals surface area (Å²) in [4.78, 5) is 12.1. The molecule has 1 aliphatic heterocycles.